The molecule has 0 radical (unpaired) electrons. The van der Waals surface area contributed by atoms with Crippen molar-refractivity contribution in [1.29, 1.82) is 0 Å². The largest absolute Gasteiger partial charge is 0.335 e. The predicted octanol–water partition coefficient (Wildman–Crippen LogP) is 1.58. The maximum Gasteiger partial charge on any atom is 0.317 e. The monoisotopic (exact) mass is 396 g/mol. The zero-order valence-corrected chi connectivity index (χ0v) is 16.7. The van der Waals surface area contributed by atoms with Crippen molar-refractivity contribution in [3.8, 4) is 11.3 Å². The minimum atomic E-state index is -0.104. The summed E-state index contributed by atoms with van der Waals surface area (Å²) in [5.41, 5.74) is 1.53. The number of nitrogens with one attached hydrogen (secondary N) is 1. The SMILES string of the molecule is O=C(NC1CCCC1)N1CCN(CCn2nc(-c3cccnc3)ccc2=O)CC1. The Morgan fingerprint density at radius 2 is 1.86 bits per heavy atom. The molecular weight excluding hydrogens is 368 g/mol. The van der Waals surface area contributed by atoms with Gasteiger partial charge in [0.05, 0.1) is 12.2 Å². The van der Waals surface area contributed by atoms with E-state index < -0.39 is 0 Å². The summed E-state index contributed by atoms with van der Waals surface area (Å²) in [4.78, 5) is 32.9. The van der Waals surface area contributed by atoms with Crippen LogP contribution in [0.2, 0.25) is 0 Å². The lowest BCUT2D eigenvalue weighted by Crippen LogP contribution is -2.53. The molecule has 0 atom stereocenters. The summed E-state index contributed by atoms with van der Waals surface area (Å²) in [5, 5.41) is 7.65. The van der Waals surface area contributed by atoms with Crippen LogP contribution in [-0.4, -0.2) is 69.4 Å². The molecule has 1 aliphatic heterocycles. The van der Waals surface area contributed by atoms with Crippen molar-refractivity contribution in [2.45, 2.75) is 38.3 Å². The number of aromatic nitrogens is 3. The Hall–Kier alpha value is -2.74. The fourth-order valence-corrected chi connectivity index (χ4v) is 4.02. The van der Waals surface area contributed by atoms with Crippen LogP contribution in [0.5, 0.6) is 0 Å². The molecule has 0 bridgehead atoms. The molecule has 1 N–H and O–H groups in total. The van der Waals surface area contributed by atoms with E-state index >= 15 is 0 Å². The van der Waals surface area contributed by atoms with E-state index in [4.69, 9.17) is 0 Å². The standard InChI is InChI=1S/C21H28N6O2/c28-20-8-7-19(17-4-3-9-22-16-17)24-27(20)15-12-25-10-13-26(14-11-25)21(29)23-18-5-1-2-6-18/h3-4,7-9,16,18H,1-2,5-6,10-15H2,(H,23,29). The Bertz CT molecular complexity index is 870. The summed E-state index contributed by atoms with van der Waals surface area (Å²) >= 11 is 0. The molecule has 2 aliphatic rings. The van der Waals surface area contributed by atoms with Gasteiger partial charge in [0.15, 0.2) is 0 Å². The molecule has 3 heterocycles. The summed E-state index contributed by atoms with van der Waals surface area (Å²) in [6.07, 6.45) is 8.10. The van der Waals surface area contributed by atoms with Crippen LogP contribution in [0.1, 0.15) is 25.7 Å². The van der Waals surface area contributed by atoms with Crippen LogP contribution in [0.25, 0.3) is 11.3 Å². The van der Waals surface area contributed by atoms with Gasteiger partial charge in [-0.25, -0.2) is 9.48 Å². The first-order valence-electron chi connectivity index (χ1n) is 10.5. The summed E-state index contributed by atoms with van der Waals surface area (Å²) in [6, 6.07) is 7.50. The van der Waals surface area contributed by atoms with E-state index in [1.165, 1.54) is 17.5 Å². The summed E-state index contributed by atoms with van der Waals surface area (Å²) in [5.74, 6) is 0. The van der Waals surface area contributed by atoms with Gasteiger partial charge in [0.1, 0.15) is 0 Å². The number of amides is 2. The van der Waals surface area contributed by atoms with Crippen LogP contribution in [0.4, 0.5) is 4.79 Å². The third-order valence-electron chi connectivity index (χ3n) is 5.79. The van der Waals surface area contributed by atoms with Crippen molar-refractivity contribution in [1.82, 2.24) is 29.9 Å². The quantitative estimate of drug-likeness (QED) is 0.830. The Morgan fingerprint density at radius 3 is 2.59 bits per heavy atom. The van der Waals surface area contributed by atoms with Gasteiger partial charge >= 0.3 is 6.03 Å². The number of pyridine rings is 1. The van der Waals surface area contributed by atoms with Crippen LogP contribution in [0, 0.1) is 0 Å². The molecule has 0 spiro atoms. The third-order valence-corrected chi connectivity index (χ3v) is 5.79. The molecule has 1 saturated carbocycles. The molecule has 2 fully saturated rings. The lowest BCUT2D eigenvalue weighted by molar-refractivity contribution is 0.133. The van der Waals surface area contributed by atoms with Crippen LogP contribution in [-0.2, 0) is 6.54 Å². The first kappa shape index (κ1) is 19.6. The van der Waals surface area contributed by atoms with Crippen molar-refractivity contribution < 1.29 is 4.79 Å². The zero-order valence-electron chi connectivity index (χ0n) is 16.7. The number of nitrogens with zero attached hydrogens (tertiary/aromatic N) is 5. The number of hydrogen-bond donors (Lipinski definition) is 1. The normalized spacial score (nSPS) is 18.1. The number of urea groups is 1. The molecule has 4 rings (SSSR count). The third kappa shape index (κ3) is 5.00. The fraction of sp³-hybridized carbons (Fsp3) is 0.524. The Morgan fingerprint density at radius 1 is 1.07 bits per heavy atom. The summed E-state index contributed by atoms with van der Waals surface area (Å²) in [6.45, 7) is 4.33. The molecule has 0 unspecified atom stereocenters. The number of rotatable bonds is 5. The van der Waals surface area contributed by atoms with Crippen molar-refractivity contribution in [3.05, 3.63) is 47.0 Å². The highest BCUT2D eigenvalue weighted by Gasteiger charge is 2.24. The Balaban J connectivity index is 1.28. The number of hydrogen-bond acceptors (Lipinski definition) is 5. The van der Waals surface area contributed by atoms with Gasteiger partial charge in [0.25, 0.3) is 5.56 Å². The van der Waals surface area contributed by atoms with Gasteiger partial charge in [0.2, 0.25) is 0 Å². The van der Waals surface area contributed by atoms with Gasteiger partial charge in [-0.2, -0.15) is 5.10 Å². The van der Waals surface area contributed by atoms with Crippen molar-refractivity contribution >= 4 is 6.03 Å². The smallest absolute Gasteiger partial charge is 0.317 e. The second-order valence-corrected chi connectivity index (χ2v) is 7.78. The van der Waals surface area contributed by atoms with E-state index in [9.17, 15) is 9.59 Å². The highest BCUT2D eigenvalue weighted by Crippen LogP contribution is 2.18. The Labute approximate surface area is 170 Å². The Kier molecular flexibility index (Phi) is 6.19. The van der Waals surface area contributed by atoms with Gasteiger partial charge in [-0.05, 0) is 31.0 Å². The van der Waals surface area contributed by atoms with Crippen LogP contribution in [0.15, 0.2) is 41.5 Å². The fourth-order valence-electron chi connectivity index (χ4n) is 4.02. The van der Waals surface area contributed by atoms with Gasteiger partial charge in [0, 0.05) is 62.8 Å². The van der Waals surface area contributed by atoms with Crippen LogP contribution >= 0.6 is 0 Å². The predicted molar refractivity (Wildman–Crippen MR) is 111 cm³/mol. The second kappa shape index (κ2) is 9.17. The van der Waals surface area contributed by atoms with E-state index in [2.05, 4.69) is 20.3 Å². The molecule has 29 heavy (non-hydrogen) atoms. The zero-order chi connectivity index (χ0) is 20.1. The van der Waals surface area contributed by atoms with E-state index in [1.54, 1.807) is 24.5 Å². The molecule has 2 aromatic rings. The van der Waals surface area contributed by atoms with Crippen molar-refractivity contribution in [2.75, 3.05) is 32.7 Å². The van der Waals surface area contributed by atoms with Crippen LogP contribution in [0.3, 0.4) is 0 Å². The van der Waals surface area contributed by atoms with E-state index in [0.29, 0.717) is 12.6 Å². The molecule has 1 aliphatic carbocycles. The molecule has 0 aromatic carbocycles. The maximum absolute atomic E-state index is 12.4. The molecule has 2 aromatic heterocycles. The highest BCUT2D eigenvalue weighted by molar-refractivity contribution is 5.74. The van der Waals surface area contributed by atoms with Gasteiger partial charge < -0.3 is 10.2 Å². The maximum atomic E-state index is 12.4. The second-order valence-electron chi connectivity index (χ2n) is 7.78. The summed E-state index contributed by atoms with van der Waals surface area (Å²) < 4.78 is 1.52. The van der Waals surface area contributed by atoms with Gasteiger partial charge in [-0.15, -0.1) is 0 Å². The highest BCUT2D eigenvalue weighted by atomic mass is 16.2. The molecule has 154 valence electrons. The lowest BCUT2D eigenvalue weighted by Gasteiger charge is -2.35. The summed E-state index contributed by atoms with van der Waals surface area (Å²) in [7, 11) is 0. The molecule has 2 amide bonds. The number of carbonyl (C=O) groups is 1. The minimum Gasteiger partial charge on any atom is -0.335 e. The van der Waals surface area contributed by atoms with Crippen molar-refractivity contribution in [2.24, 2.45) is 0 Å². The first-order chi connectivity index (χ1) is 14.2. The van der Waals surface area contributed by atoms with Gasteiger partial charge in [-0.3, -0.25) is 14.7 Å². The number of piperazine rings is 1. The molecule has 8 nitrogen and oxygen atoms in total. The van der Waals surface area contributed by atoms with E-state index in [-0.39, 0.29) is 11.6 Å². The number of carbonyl (C=O) groups excluding carboxylic acids is 1. The van der Waals surface area contributed by atoms with E-state index in [1.807, 2.05) is 17.0 Å². The molecule has 8 heteroatoms. The van der Waals surface area contributed by atoms with Gasteiger partial charge in [-0.1, -0.05) is 12.8 Å². The first-order valence-corrected chi connectivity index (χ1v) is 10.5. The van der Waals surface area contributed by atoms with Crippen molar-refractivity contribution in [3.63, 3.8) is 0 Å². The average molecular weight is 396 g/mol. The topological polar surface area (TPSA) is 83.4 Å². The lowest BCUT2D eigenvalue weighted by atomic mass is 10.2. The molecular formula is C21H28N6O2. The molecule has 1 saturated heterocycles. The van der Waals surface area contributed by atoms with Crippen LogP contribution < -0.4 is 10.9 Å². The minimum absolute atomic E-state index is 0.0682. The average Bonchev–Trinajstić information content (AvgIpc) is 3.27. The van der Waals surface area contributed by atoms with E-state index in [0.717, 1.165) is 56.8 Å².